The summed E-state index contributed by atoms with van der Waals surface area (Å²) in [6.07, 6.45) is 1.74. The van der Waals surface area contributed by atoms with Crippen LogP contribution in [0.3, 0.4) is 0 Å². The first-order valence-electron chi connectivity index (χ1n) is 2.50. The molecule has 0 spiro atoms. The molecule has 2 aromatic rings. The number of fused-ring (bicyclic) bond motifs is 1. The van der Waals surface area contributed by atoms with Crippen LogP contribution in [0, 0.1) is 0 Å². The molecule has 0 N–H and O–H groups in total. The van der Waals surface area contributed by atoms with Crippen molar-refractivity contribution in [3.63, 3.8) is 0 Å². The van der Waals surface area contributed by atoms with E-state index in [4.69, 9.17) is 0 Å². The summed E-state index contributed by atoms with van der Waals surface area (Å²) in [5.74, 6) is 0. The van der Waals surface area contributed by atoms with Crippen LogP contribution in [0.2, 0.25) is 0 Å². The molecule has 9 heavy (non-hydrogen) atoms. The second-order valence-corrected chi connectivity index (χ2v) is 3.25. The molecule has 0 fully saturated rings. The van der Waals surface area contributed by atoms with E-state index in [2.05, 4.69) is 14.2 Å². The van der Waals surface area contributed by atoms with Crippen molar-refractivity contribution in [3.05, 3.63) is 18.3 Å². The van der Waals surface area contributed by atoms with Crippen LogP contribution >= 0.6 is 0 Å². The van der Waals surface area contributed by atoms with Crippen LogP contribution in [0.15, 0.2) is 18.3 Å². The number of aromatic nitrogens is 3. The zero-order valence-corrected chi connectivity index (χ0v) is 6.20. The molecule has 0 aliphatic rings. The van der Waals surface area contributed by atoms with Crippen LogP contribution in [-0.2, 0) is 0 Å². The minimum atomic E-state index is 0.198. The van der Waals surface area contributed by atoms with Crippen molar-refractivity contribution in [1.29, 1.82) is 0 Å². The molecule has 0 atom stereocenters. The van der Waals surface area contributed by atoms with Gasteiger partial charge in [0.05, 0.1) is 0 Å². The summed E-state index contributed by atoms with van der Waals surface area (Å²) < 4.78 is 5.06. The predicted molar refractivity (Wildman–Crippen MR) is 34.3 cm³/mol. The molecule has 0 aliphatic heterocycles. The Morgan fingerprint density at radius 3 is 3.33 bits per heavy atom. The van der Waals surface area contributed by atoms with Crippen LogP contribution in [0.4, 0.5) is 0 Å². The van der Waals surface area contributed by atoms with E-state index in [0.717, 1.165) is 5.65 Å². The standard InChI is InChI=1S/C5H3N3Se/c1-2-4-5(6-3-1)7-8-9-4/h1-3H. The maximum atomic E-state index is 4.01. The van der Waals surface area contributed by atoms with Crippen molar-refractivity contribution in [2.24, 2.45) is 0 Å². The normalized spacial score (nSPS) is 10.2. The molecule has 3 nitrogen and oxygen atoms in total. The summed E-state index contributed by atoms with van der Waals surface area (Å²) in [5, 5.41) is 3.84. The van der Waals surface area contributed by atoms with Gasteiger partial charge in [0.2, 0.25) is 0 Å². The van der Waals surface area contributed by atoms with Gasteiger partial charge in [-0.3, -0.25) is 0 Å². The Morgan fingerprint density at radius 2 is 2.44 bits per heavy atom. The Hall–Kier alpha value is -0.731. The van der Waals surface area contributed by atoms with E-state index in [1.807, 2.05) is 12.1 Å². The summed E-state index contributed by atoms with van der Waals surface area (Å²) in [5.41, 5.74) is 0.803. The van der Waals surface area contributed by atoms with Gasteiger partial charge >= 0.3 is 57.1 Å². The molecule has 2 rings (SSSR count). The zero-order chi connectivity index (χ0) is 6.10. The number of pyridine rings is 1. The molecule has 0 unspecified atom stereocenters. The predicted octanol–water partition coefficient (Wildman–Crippen LogP) is 0.0818. The van der Waals surface area contributed by atoms with Gasteiger partial charge in [-0.2, -0.15) is 0 Å². The monoisotopic (exact) mass is 185 g/mol. The molecule has 0 saturated carbocycles. The third-order valence-electron chi connectivity index (χ3n) is 1.03. The molecule has 2 heterocycles. The molecule has 0 aliphatic carbocycles. The van der Waals surface area contributed by atoms with Crippen molar-refractivity contribution in [2.45, 2.75) is 0 Å². The third kappa shape index (κ3) is 0.763. The topological polar surface area (TPSA) is 38.7 Å². The van der Waals surface area contributed by atoms with E-state index in [-0.39, 0.29) is 14.7 Å². The van der Waals surface area contributed by atoms with Crippen molar-refractivity contribution >= 4 is 24.6 Å². The Bertz CT molecular complexity index is 286. The fraction of sp³-hybridized carbons (Fsp3) is 0. The molecular formula is C5H3N3Se. The molecule has 0 radical (unpaired) electrons. The molecule has 4 heteroatoms. The van der Waals surface area contributed by atoms with Crippen molar-refractivity contribution in [3.8, 4) is 0 Å². The van der Waals surface area contributed by atoms with Crippen LogP contribution in [0.5, 0.6) is 0 Å². The van der Waals surface area contributed by atoms with Crippen molar-refractivity contribution in [2.75, 3.05) is 0 Å². The minimum absolute atomic E-state index is 0.198. The molecule has 0 amide bonds. The second kappa shape index (κ2) is 1.90. The quantitative estimate of drug-likeness (QED) is 0.544. The first-order chi connectivity index (χ1) is 4.47. The Morgan fingerprint density at radius 1 is 1.44 bits per heavy atom. The molecular weight excluding hydrogens is 181 g/mol. The van der Waals surface area contributed by atoms with E-state index in [1.54, 1.807) is 6.20 Å². The van der Waals surface area contributed by atoms with Crippen LogP contribution in [0.25, 0.3) is 9.91 Å². The zero-order valence-electron chi connectivity index (χ0n) is 4.48. The van der Waals surface area contributed by atoms with Gasteiger partial charge in [0.25, 0.3) is 0 Å². The number of rotatable bonds is 0. The molecule has 0 bridgehead atoms. The van der Waals surface area contributed by atoms with E-state index in [9.17, 15) is 0 Å². The number of nitrogens with zero attached hydrogens (tertiary/aromatic N) is 3. The molecule has 44 valence electrons. The molecule has 2 aromatic heterocycles. The first-order valence-corrected chi connectivity index (χ1v) is 4.12. The summed E-state index contributed by atoms with van der Waals surface area (Å²) in [6, 6.07) is 3.93. The van der Waals surface area contributed by atoms with Gasteiger partial charge in [0.1, 0.15) is 0 Å². The average molecular weight is 184 g/mol. The van der Waals surface area contributed by atoms with Gasteiger partial charge in [0, 0.05) is 0 Å². The van der Waals surface area contributed by atoms with E-state index < -0.39 is 0 Å². The van der Waals surface area contributed by atoms with Gasteiger partial charge in [-0.1, -0.05) is 0 Å². The molecule has 0 saturated heterocycles. The fourth-order valence-corrected chi connectivity index (χ4v) is 1.72. The maximum absolute atomic E-state index is 4.01. The fourth-order valence-electron chi connectivity index (χ4n) is 0.632. The Kier molecular flexibility index (Phi) is 1.07. The summed E-state index contributed by atoms with van der Waals surface area (Å²) in [4.78, 5) is 4.01. The van der Waals surface area contributed by atoms with Gasteiger partial charge in [-0.05, 0) is 0 Å². The van der Waals surface area contributed by atoms with E-state index in [1.165, 1.54) is 4.26 Å². The first kappa shape index (κ1) is 5.09. The number of hydrogen-bond acceptors (Lipinski definition) is 3. The van der Waals surface area contributed by atoms with Gasteiger partial charge < -0.3 is 0 Å². The summed E-state index contributed by atoms with van der Waals surface area (Å²) in [7, 11) is 0. The Labute approximate surface area is 57.7 Å². The van der Waals surface area contributed by atoms with Crippen LogP contribution in [-0.4, -0.2) is 28.9 Å². The van der Waals surface area contributed by atoms with Gasteiger partial charge in [0.15, 0.2) is 0 Å². The number of hydrogen-bond donors (Lipinski definition) is 0. The van der Waals surface area contributed by atoms with Crippen molar-refractivity contribution in [1.82, 2.24) is 14.2 Å². The van der Waals surface area contributed by atoms with E-state index >= 15 is 0 Å². The van der Waals surface area contributed by atoms with Gasteiger partial charge in [-0.15, -0.1) is 0 Å². The SMILES string of the molecule is c1cnc2nn[se]c2c1. The van der Waals surface area contributed by atoms with Crippen LogP contribution < -0.4 is 0 Å². The van der Waals surface area contributed by atoms with Crippen molar-refractivity contribution < 1.29 is 0 Å². The Balaban J connectivity index is 2.95. The van der Waals surface area contributed by atoms with Crippen LogP contribution in [0.1, 0.15) is 0 Å². The van der Waals surface area contributed by atoms with E-state index in [0.29, 0.717) is 0 Å². The second-order valence-electron chi connectivity index (χ2n) is 1.60. The third-order valence-corrected chi connectivity index (χ3v) is 2.45. The summed E-state index contributed by atoms with van der Waals surface area (Å²) >= 11 is 0.198. The van der Waals surface area contributed by atoms with Gasteiger partial charge in [-0.25, -0.2) is 0 Å². The molecule has 0 aromatic carbocycles. The average Bonchev–Trinajstić information content (AvgIpc) is 2.33. The summed E-state index contributed by atoms with van der Waals surface area (Å²) in [6.45, 7) is 0.